The molecule has 28 heavy (non-hydrogen) atoms. The lowest BCUT2D eigenvalue weighted by atomic mass is 9.87. The molecule has 0 spiro atoms. The molecule has 0 radical (unpaired) electrons. The van der Waals surface area contributed by atoms with Crippen LogP contribution in [0, 0.1) is 0 Å². The van der Waals surface area contributed by atoms with Gasteiger partial charge in [-0.15, -0.1) is 0 Å². The first-order chi connectivity index (χ1) is 13.6. The van der Waals surface area contributed by atoms with Gasteiger partial charge in [0.05, 0.1) is 5.69 Å². The summed E-state index contributed by atoms with van der Waals surface area (Å²) in [4.78, 5) is 28.1. The summed E-state index contributed by atoms with van der Waals surface area (Å²) in [6.45, 7) is 0. The van der Waals surface area contributed by atoms with Gasteiger partial charge in [0, 0.05) is 23.2 Å². The summed E-state index contributed by atoms with van der Waals surface area (Å²) in [5, 5.41) is 11.9. The van der Waals surface area contributed by atoms with E-state index in [1.165, 1.54) is 23.4 Å². The molecule has 2 aromatic carbocycles. The second kappa shape index (κ2) is 5.92. The predicted molar refractivity (Wildman–Crippen MR) is 105 cm³/mol. The lowest BCUT2D eigenvalue weighted by Crippen LogP contribution is -2.15. The molecule has 0 aliphatic heterocycles. The minimum Gasteiger partial charge on any atom is -0.477 e. The molecule has 1 aliphatic carbocycles. The summed E-state index contributed by atoms with van der Waals surface area (Å²) in [6, 6.07) is 19.9. The number of hydrogen-bond donors (Lipinski definition) is 2. The van der Waals surface area contributed by atoms with Gasteiger partial charge in [0.25, 0.3) is 5.56 Å². The number of nitrogens with one attached hydrogen (secondary N) is 1. The van der Waals surface area contributed by atoms with Gasteiger partial charge in [-0.2, -0.15) is 0 Å². The van der Waals surface area contributed by atoms with Crippen LogP contribution in [0.3, 0.4) is 0 Å². The lowest BCUT2D eigenvalue weighted by Gasteiger charge is -2.16. The van der Waals surface area contributed by atoms with Crippen molar-refractivity contribution >= 4 is 11.6 Å². The van der Waals surface area contributed by atoms with Crippen LogP contribution >= 0.6 is 0 Å². The Hall–Kier alpha value is -3.67. The fourth-order valence-electron chi connectivity index (χ4n) is 3.87. The Kier molecular flexibility index (Phi) is 3.49. The van der Waals surface area contributed by atoms with Crippen LogP contribution in [0.1, 0.15) is 34.3 Å². The van der Waals surface area contributed by atoms with E-state index >= 15 is 0 Å². The zero-order valence-corrected chi connectivity index (χ0v) is 14.9. The van der Waals surface area contributed by atoms with Gasteiger partial charge in [-0.05, 0) is 24.0 Å². The Morgan fingerprint density at radius 1 is 1.04 bits per heavy atom. The molecule has 0 bridgehead atoms. The van der Waals surface area contributed by atoms with Crippen molar-refractivity contribution in [2.24, 2.45) is 0 Å². The monoisotopic (exact) mass is 371 g/mol. The van der Waals surface area contributed by atoms with Gasteiger partial charge in [-0.25, -0.2) is 14.3 Å². The second-order valence-electron chi connectivity index (χ2n) is 7.16. The quantitative estimate of drug-likeness (QED) is 0.575. The number of carboxylic acid groups (broad SMARTS) is 1. The zero-order valence-electron chi connectivity index (χ0n) is 14.9. The normalized spacial score (nSPS) is 14.9. The van der Waals surface area contributed by atoms with Crippen LogP contribution in [0.15, 0.2) is 71.7 Å². The third-order valence-corrected chi connectivity index (χ3v) is 5.54. The van der Waals surface area contributed by atoms with Gasteiger partial charge in [-0.1, -0.05) is 54.6 Å². The van der Waals surface area contributed by atoms with E-state index in [0.717, 1.165) is 22.9 Å². The summed E-state index contributed by atoms with van der Waals surface area (Å²) in [7, 11) is 0. The van der Waals surface area contributed by atoms with Crippen LogP contribution in [0.2, 0.25) is 0 Å². The number of aromatic amines is 1. The fourth-order valence-corrected chi connectivity index (χ4v) is 3.87. The minimum atomic E-state index is -1.13. The molecule has 6 nitrogen and oxygen atoms in total. The molecule has 2 aromatic heterocycles. The van der Waals surface area contributed by atoms with Gasteiger partial charge >= 0.3 is 5.97 Å². The number of H-pyrrole nitrogens is 1. The number of nitrogens with zero attached hydrogens (tertiary/aromatic N) is 2. The van der Waals surface area contributed by atoms with E-state index < -0.39 is 5.97 Å². The van der Waals surface area contributed by atoms with Crippen molar-refractivity contribution in [2.45, 2.75) is 18.3 Å². The van der Waals surface area contributed by atoms with Crippen molar-refractivity contribution in [3.05, 3.63) is 93.9 Å². The molecule has 0 unspecified atom stereocenters. The van der Waals surface area contributed by atoms with Gasteiger partial charge < -0.3 is 5.11 Å². The van der Waals surface area contributed by atoms with Crippen molar-refractivity contribution in [1.29, 1.82) is 0 Å². The molecule has 2 N–H and O–H groups in total. The highest BCUT2D eigenvalue weighted by atomic mass is 16.4. The van der Waals surface area contributed by atoms with Crippen LogP contribution in [-0.2, 0) is 5.41 Å². The van der Waals surface area contributed by atoms with Crippen LogP contribution in [-0.4, -0.2) is 25.7 Å². The summed E-state index contributed by atoms with van der Waals surface area (Å²) in [5.41, 5.74) is 3.62. The molecule has 4 aromatic rings. The van der Waals surface area contributed by atoms with Crippen LogP contribution < -0.4 is 5.56 Å². The van der Waals surface area contributed by atoms with Crippen molar-refractivity contribution in [2.75, 3.05) is 0 Å². The molecule has 0 amide bonds. The third-order valence-electron chi connectivity index (χ3n) is 5.54. The first-order valence-corrected chi connectivity index (χ1v) is 9.09. The van der Waals surface area contributed by atoms with Crippen molar-refractivity contribution in [3.63, 3.8) is 0 Å². The van der Waals surface area contributed by atoms with Crippen molar-refractivity contribution in [3.8, 4) is 11.3 Å². The molecule has 0 saturated heterocycles. The highest BCUT2D eigenvalue weighted by Gasteiger charge is 2.45. The molecule has 2 heterocycles. The lowest BCUT2D eigenvalue weighted by molar-refractivity contribution is 0.0699. The topological polar surface area (TPSA) is 87.5 Å². The molecule has 6 heteroatoms. The summed E-state index contributed by atoms with van der Waals surface area (Å²) < 4.78 is 1.13. The Labute approximate surface area is 160 Å². The fraction of sp³-hybridized carbons (Fsp3) is 0.136. The average molecular weight is 371 g/mol. The summed E-state index contributed by atoms with van der Waals surface area (Å²) >= 11 is 0. The average Bonchev–Trinajstić information content (AvgIpc) is 3.41. The number of fused-ring (bicyclic) bond motifs is 1. The van der Waals surface area contributed by atoms with Crippen molar-refractivity contribution < 1.29 is 9.90 Å². The van der Waals surface area contributed by atoms with E-state index in [0.29, 0.717) is 5.69 Å². The predicted octanol–water partition coefficient (Wildman–Crippen LogP) is 3.47. The van der Waals surface area contributed by atoms with E-state index in [9.17, 15) is 14.7 Å². The second-order valence-corrected chi connectivity index (χ2v) is 7.16. The number of aromatic carboxylic acids is 1. The van der Waals surface area contributed by atoms with E-state index in [1.54, 1.807) is 0 Å². The minimum absolute atomic E-state index is 0.0309. The maximum absolute atomic E-state index is 12.3. The van der Waals surface area contributed by atoms with Crippen LogP contribution in [0.25, 0.3) is 16.9 Å². The smallest absolute Gasteiger partial charge is 0.341 e. The standard InChI is InChI=1S/C22H17N3O3/c26-19-12-18(24-20-17(21(27)28)13-23-25(19)20)14-6-8-16(9-7-14)22(10-11-22)15-4-2-1-3-5-15/h1-9,12-13,23H,10-11H2,(H,27,28). The summed E-state index contributed by atoms with van der Waals surface area (Å²) in [5.74, 6) is -1.13. The molecule has 5 rings (SSSR count). The molecule has 1 fully saturated rings. The Balaban J connectivity index is 1.56. The summed E-state index contributed by atoms with van der Waals surface area (Å²) in [6.07, 6.45) is 3.51. The molecule has 1 saturated carbocycles. The van der Waals surface area contributed by atoms with Gasteiger partial charge in [0.1, 0.15) is 5.56 Å². The van der Waals surface area contributed by atoms with Gasteiger partial charge in [0.15, 0.2) is 5.65 Å². The van der Waals surface area contributed by atoms with Crippen molar-refractivity contribution in [1.82, 2.24) is 14.6 Å². The van der Waals surface area contributed by atoms with Crippen LogP contribution in [0.4, 0.5) is 0 Å². The highest BCUT2D eigenvalue weighted by Crippen LogP contribution is 2.53. The maximum Gasteiger partial charge on any atom is 0.341 e. The molecule has 1 aliphatic rings. The number of carboxylic acids is 1. The number of rotatable bonds is 4. The number of carbonyl (C=O) groups is 1. The third kappa shape index (κ3) is 2.45. The van der Waals surface area contributed by atoms with Crippen LogP contribution in [0.5, 0.6) is 0 Å². The van der Waals surface area contributed by atoms with Gasteiger partial charge in [0.2, 0.25) is 0 Å². The SMILES string of the molecule is O=C(O)c1c[nH]n2c(=O)cc(-c3ccc(C4(c5ccccc5)CC4)cc3)nc12. The van der Waals surface area contributed by atoms with E-state index in [1.807, 2.05) is 18.2 Å². The van der Waals surface area contributed by atoms with E-state index in [4.69, 9.17) is 0 Å². The Morgan fingerprint density at radius 3 is 2.36 bits per heavy atom. The molecular weight excluding hydrogens is 354 g/mol. The zero-order chi connectivity index (χ0) is 19.3. The largest absolute Gasteiger partial charge is 0.477 e. The first kappa shape index (κ1) is 16.5. The van der Waals surface area contributed by atoms with E-state index in [2.05, 4.69) is 46.5 Å². The molecular formula is C22H17N3O3. The number of benzene rings is 2. The maximum atomic E-state index is 12.3. The number of aromatic nitrogens is 3. The molecule has 138 valence electrons. The Morgan fingerprint density at radius 2 is 1.71 bits per heavy atom. The highest BCUT2D eigenvalue weighted by molar-refractivity contribution is 5.94. The van der Waals surface area contributed by atoms with Gasteiger partial charge in [-0.3, -0.25) is 9.89 Å². The molecule has 0 atom stereocenters. The number of hydrogen-bond acceptors (Lipinski definition) is 3. The first-order valence-electron chi connectivity index (χ1n) is 9.09. The van der Waals surface area contributed by atoms with E-state index in [-0.39, 0.29) is 22.2 Å². The Bertz CT molecular complexity index is 1250.